The summed E-state index contributed by atoms with van der Waals surface area (Å²) in [7, 11) is 0. The van der Waals surface area contributed by atoms with Gasteiger partial charge >= 0.3 is 0 Å². The van der Waals surface area contributed by atoms with Crippen molar-refractivity contribution in [3.8, 4) is 0 Å². The minimum absolute atomic E-state index is 0.604. The Morgan fingerprint density at radius 3 is 2.46 bits per heavy atom. The molecule has 13 heavy (non-hydrogen) atoms. The van der Waals surface area contributed by atoms with Crippen LogP contribution in [0, 0.1) is 0 Å². The van der Waals surface area contributed by atoms with Crippen LogP contribution in [0.25, 0.3) is 0 Å². The van der Waals surface area contributed by atoms with Gasteiger partial charge in [0.15, 0.2) is 0 Å². The van der Waals surface area contributed by atoms with Crippen molar-refractivity contribution in [3.05, 3.63) is 0 Å². The second kappa shape index (κ2) is 4.67. The van der Waals surface area contributed by atoms with Crippen LogP contribution in [0.2, 0.25) is 0 Å². The molecule has 2 fully saturated rings. The van der Waals surface area contributed by atoms with Crippen molar-refractivity contribution in [2.24, 2.45) is 0 Å². The highest BCUT2D eigenvalue weighted by Crippen LogP contribution is 2.27. The van der Waals surface area contributed by atoms with Crippen molar-refractivity contribution in [2.45, 2.75) is 37.0 Å². The van der Waals surface area contributed by atoms with Crippen molar-refractivity contribution < 1.29 is 4.74 Å². The molecule has 1 heterocycles. The molecule has 0 spiro atoms. The molecule has 3 heteroatoms. The lowest BCUT2D eigenvalue weighted by molar-refractivity contribution is 0.0103. The fraction of sp³-hybridized carbons (Fsp3) is 1.00. The zero-order valence-electron chi connectivity index (χ0n) is 8.11. The van der Waals surface area contributed by atoms with Crippen LogP contribution in [0.1, 0.15) is 25.7 Å². The van der Waals surface area contributed by atoms with Crippen LogP contribution in [-0.2, 0) is 4.74 Å². The summed E-state index contributed by atoms with van der Waals surface area (Å²) in [6, 6.07) is 0.723. The number of rotatable bonds is 1. The maximum absolute atomic E-state index is 5.36. The minimum Gasteiger partial charge on any atom is -0.379 e. The Morgan fingerprint density at radius 2 is 1.77 bits per heavy atom. The van der Waals surface area contributed by atoms with Gasteiger partial charge in [0.25, 0.3) is 0 Å². The molecule has 0 aromatic rings. The standard InChI is InChI=1S/C10H19NOS/c13-10-4-2-1-3-9(10)11-5-7-12-8-6-11/h9-10,13H,1-8H2/t9-,10-/m1/s1. The van der Waals surface area contributed by atoms with E-state index in [1.807, 2.05) is 0 Å². The van der Waals surface area contributed by atoms with Gasteiger partial charge in [-0.05, 0) is 12.8 Å². The van der Waals surface area contributed by atoms with E-state index in [1.54, 1.807) is 0 Å². The summed E-state index contributed by atoms with van der Waals surface area (Å²) in [4.78, 5) is 2.57. The Hall–Kier alpha value is 0.270. The second-order valence-corrected chi connectivity index (χ2v) is 4.73. The van der Waals surface area contributed by atoms with Crippen molar-refractivity contribution in [1.29, 1.82) is 0 Å². The van der Waals surface area contributed by atoms with Gasteiger partial charge in [0.1, 0.15) is 0 Å². The zero-order chi connectivity index (χ0) is 9.10. The average molecular weight is 201 g/mol. The maximum Gasteiger partial charge on any atom is 0.0594 e. The number of hydrogen-bond donors (Lipinski definition) is 1. The van der Waals surface area contributed by atoms with E-state index in [1.165, 1.54) is 25.7 Å². The molecule has 0 radical (unpaired) electrons. The predicted molar refractivity (Wildman–Crippen MR) is 57.4 cm³/mol. The van der Waals surface area contributed by atoms with Crippen molar-refractivity contribution >= 4 is 12.6 Å². The summed E-state index contributed by atoms with van der Waals surface area (Å²) in [5.41, 5.74) is 0. The van der Waals surface area contributed by atoms with Crippen LogP contribution in [0.15, 0.2) is 0 Å². The molecule has 1 aliphatic heterocycles. The number of thiol groups is 1. The Bertz CT molecular complexity index is 159. The number of morpholine rings is 1. The Labute approximate surface area is 86.0 Å². The van der Waals surface area contributed by atoms with Gasteiger partial charge in [-0.3, -0.25) is 4.90 Å². The first kappa shape index (κ1) is 9.81. The van der Waals surface area contributed by atoms with E-state index in [0.717, 1.165) is 32.3 Å². The number of ether oxygens (including phenoxy) is 1. The van der Waals surface area contributed by atoms with Crippen LogP contribution >= 0.6 is 12.6 Å². The van der Waals surface area contributed by atoms with Crippen molar-refractivity contribution in [3.63, 3.8) is 0 Å². The summed E-state index contributed by atoms with van der Waals surface area (Å²) in [6.07, 6.45) is 5.40. The number of hydrogen-bond acceptors (Lipinski definition) is 3. The molecule has 0 N–H and O–H groups in total. The topological polar surface area (TPSA) is 12.5 Å². The summed E-state index contributed by atoms with van der Waals surface area (Å²) in [6.45, 7) is 4.05. The van der Waals surface area contributed by atoms with E-state index in [4.69, 9.17) is 4.74 Å². The summed E-state index contributed by atoms with van der Waals surface area (Å²) in [5.74, 6) is 0. The monoisotopic (exact) mass is 201 g/mol. The third-order valence-electron chi connectivity index (χ3n) is 3.21. The molecule has 76 valence electrons. The van der Waals surface area contributed by atoms with Crippen LogP contribution < -0.4 is 0 Å². The molecular formula is C10H19NOS. The first-order valence-electron chi connectivity index (χ1n) is 5.38. The second-order valence-electron chi connectivity index (χ2n) is 4.07. The van der Waals surface area contributed by atoms with Gasteiger partial charge in [0.05, 0.1) is 13.2 Å². The molecule has 1 aliphatic carbocycles. The van der Waals surface area contributed by atoms with Gasteiger partial charge < -0.3 is 4.74 Å². The van der Waals surface area contributed by atoms with Crippen LogP contribution in [0.4, 0.5) is 0 Å². The first-order chi connectivity index (χ1) is 6.38. The maximum atomic E-state index is 5.36. The molecular weight excluding hydrogens is 182 g/mol. The predicted octanol–water partition coefficient (Wildman–Crippen LogP) is 1.56. The third-order valence-corrected chi connectivity index (χ3v) is 3.81. The van der Waals surface area contributed by atoms with Crippen molar-refractivity contribution in [1.82, 2.24) is 4.90 Å². The smallest absolute Gasteiger partial charge is 0.0594 e. The molecule has 2 rings (SSSR count). The van der Waals surface area contributed by atoms with Crippen LogP contribution in [-0.4, -0.2) is 42.5 Å². The van der Waals surface area contributed by atoms with E-state index in [0.29, 0.717) is 5.25 Å². The van der Waals surface area contributed by atoms with Gasteiger partial charge in [-0.15, -0.1) is 0 Å². The van der Waals surface area contributed by atoms with Crippen LogP contribution in [0.5, 0.6) is 0 Å². The highest BCUT2D eigenvalue weighted by atomic mass is 32.1. The quantitative estimate of drug-likeness (QED) is 0.646. The van der Waals surface area contributed by atoms with Gasteiger partial charge in [-0.1, -0.05) is 12.8 Å². The SMILES string of the molecule is S[C@@H]1CCCC[C@H]1N1CCOCC1. The molecule has 0 aromatic heterocycles. The number of nitrogens with zero attached hydrogens (tertiary/aromatic N) is 1. The van der Waals surface area contributed by atoms with Gasteiger partial charge in [-0.25, -0.2) is 0 Å². The highest BCUT2D eigenvalue weighted by Gasteiger charge is 2.28. The van der Waals surface area contributed by atoms with E-state index >= 15 is 0 Å². The molecule has 1 saturated heterocycles. The molecule has 0 unspecified atom stereocenters. The first-order valence-corrected chi connectivity index (χ1v) is 5.89. The third kappa shape index (κ3) is 2.39. The van der Waals surface area contributed by atoms with E-state index in [2.05, 4.69) is 17.5 Å². The van der Waals surface area contributed by atoms with Gasteiger partial charge in [0, 0.05) is 24.4 Å². The zero-order valence-corrected chi connectivity index (χ0v) is 9.01. The van der Waals surface area contributed by atoms with E-state index in [-0.39, 0.29) is 0 Å². The van der Waals surface area contributed by atoms with Gasteiger partial charge in [-0.2, -0.15) is 12.6 Å². The average Bonchev–Trinajstić information content (AvgIpc) is 2.20. The molecule has 0 amide bonds. The lowest BCUT2D eigenvalue weighted by Gasteiger charge is -2.39. The normalized spacial score (nSPS) is 37.6. The molecule has 2 atom stereocenters. The largest absolute Gasteiger partial charge is 0.379 e. The van der Waals surface area contributed by atoms with Crippen molar-refractivity contribution in [2.75, 3.05) is 26.3 Å². The fourth-order valence-corrected chi connectivity index (χ4v) is 2.95. The Kier molecular flexibility index (Phi) is 3.52. The summed E-state index contributed by atoms with van der Waals surface area (Å²) >= 11 is 4.68. The van der Waals surface area contributed by atoms with E-state index in [9.17, 15) is 0 Å². The minimum atomic E-state index is 0.604. The molecule has 1 saturated carbocycles. The summed E-state index contributed by atoms with van der Waals surface area (Å²) < 4.78 is 5.36. The fourth-order valence-electron chi connectivity index (χ4n) is 2.43. The highest BCUT2D eigenvalue weighted by molar-refractivity contribution is 7.81. The van der Waals surface area contributed by atoms with Gasteiger partial charge in [0.2, 0.25) is 0 Å². The molecule has 2 aliphatic rings. The van der Waals surface area contributed by atoms with Crippen LogP contribution in [0.3, 0.4) is 0 Å². The molecule has 0 aromatic carbocycles. The summed E-state index contributed by atoms with van der Waals surface area (Å²) in [5, 5.41) is 0.604. The van der Waals surface area contributed by atoms with E-state index < -0.39 is 0 Å². The molecule has 0 bridgehead atoms. The lowest BCUT2D eigenvalue weighted by atomic mass is 9.93. The Morgan fingerprint density at radius 1 is 1.08 bits per heavy atom. The lowest BCUT2D eigenvalue weighted by Crippen LogP contribution is -2.48. The Balaban J connectivity index is 1.88. The molecule has 2 nitrogen and oxygen atoms in total.